The summed E-state index contributed by atoms with van der Waals surface area (Å²) >= 11 is 0. The van der Waals surface area contributed by atoms with Crippen molar-refractivity contribution in [2.24, 2.45) is 0 Å². The van der Waals surface area contributed by atoms with E-state index in [-0.39, 0.29) is 5.91 Å². The minimum atomic E-state index is 0.0204. The van der Waals surface area contributed by atoms with Gasteiger partial charge in [-0.15, -0.1) is 0 Å². The highest BCUT2D eigenvalue weighted by atomic mass is 16.5. The van der Waals surface area contributed by atoms with Crippen LogP contribution in [0.3, 0.4) is 0 Å². The average Bonchev–Trinajstić information content (AvgIpc) is 3.08. The van der Waals surface area contributed by atoms with E-state index in [2.05, 4.69) is 28.2 Å². The first-order valence-electron chi connectivity index (χ1n) is 9.69. The van der Waals surface area contributed by atoms with Gasteiger partial charge in [-0.05, 0) is 35.7 Å². The van der Waals surface area contributed by atoms with Crippen molar-refractivity contribution in [1.29, 1.82) is 0 Å². The third-order valence-electron chi connectivity index (χ3n) is 4.83. The molecule has 1 heterocycles. The van der Waals surface area contributed by atoms with Crippen molar-refractivity contribution in [1.82, 2.24) is 9.88 Å². The Morgan fingerprint density at radius 2 is 1.76 bits per heavy atom. The molecule has 0 unspecified atom stereocenters. The summed E-state index contributed by atoms with van der Waals surface area (Å²) < 4.78 is 18.0. The molecule has 3 rings (SSSR count). The van der Waals surface area contributed by atoms with Crippen molar-refractivity contribution in [2.75, 3.05) is 34.5 Å². The van der Waals surface area contributed by atoms with Crippen LogP contribution in [0.4, 0.5) is 0 Å². The van der Waals surface area contributed by atoms with Crippen LogP contribution in [0.25, 0.3) is 10.9 Å². The molecule has 0 aliphatic heterocycles. The number of carbonyl (C=O) groups excluding carboxylic acids is 1. The van der Waals surface area contributed by atoms with Crippen molar-refractivity contribution >= 4 is 16.8 Å². The highest BCUT2D eigenvalue weighted by Gasteiger charge is 2.13. The Balaban J connectivity index is 1.82. The van der Waals surface area contributed by atoms with E-state index in [1.807, 2.05) is 30.3 Å². The third kappa shape index (κ3) is 5.29. The molecule has 0 fully saturated rings. The fourth-order valence-electron chi connectivity index (χ4n) is 3.43. The van der Waals surface area contributed by atoms with Crippen LogP contribution in [-0.2, 0) is 22.5 Å². The highest BCUT2D eigenvalue weighted by molar-refractivity contribution is 5.89. The smallest absolute Gasteiger partial charge is 0.224 e. The first-order chi connectivity index (χ1) is 14.1. The van der Waals surface area contributed by atoms with Gasteiger partial charge in [0, 0.05) is 50.0 Å². The number of rotatable bonds is 10. The van der Waals surface area contributed by atoms with Crippen molar-refractivity contribution in [3.05, 3.63) is 59.8 Å². The van der Waals surface area contributed by atoms with Crippen molar-refractivity contribution in [2.45, 2.75) is 19.4 Å². The van der Waals surface area contributed by atoms with Gasteiger partial charge in [-0.25, -0.2) is 0 Å². The predicted octanol–water partition coefficient (Wildman–Crippen LogP) is 3.40. The molecule has 3 aromatic rings. The molecule has 1 N–H and O–H groups in total. The summed E-state index contributed by atoms with van der Waals surface area (Å²) in [4.78, 5) is 12.4. The number of methoxy groups -OCH3 is 3. The predicted molar refractivity (Wildman–Crippen MR) is 114 cm³/mol. The molecule has 0 atom stereocenters. The molecule has 1 amide bonds. The first-order valence-corrected chi connectivity index (χ1v) is 9.69. The first kappa shape index (κ1) is 20.7. The summed E-state index contributed by atoms with van der Waals surface area (Å²) in [7, 11) is 4.95. The van der Waals surface area contributed by atoms with Crippen LogP contribution in [0.15, 0.2) is 48.7 Å². The SMILES string of the molecule is COCCCNC(=O)Cc1cn(Cc2cc(OC)cc(OC)c2)c2ccccc12. The fourth-order valence-corrected chi connectivity index (χ4v) is 3.43. The second-order valence-corrected chi connectivity index (χ2v) is 6.89. The molecule has 1 aromatic heterocycles. The molecule has 6 nitrogen and oxygen atoms in total. The standard InChI is InChI=1S/C23H28N2O4/c1-27-10-6-9-24-23(26)13-18-16-25(22-8-5-4-7-21(18)22)15-17-11-19(28-2)14-20(12-17)29-3/h4-5,7-8,11-12,14,16H,6,9-10,13,15H2,1-3H3,(H,24,26). The van der Waals surface area contributed by atoms with Crippen LogP contribution in [-0.4, -0.2) is 45.0 Å². The number of hydrogen-bond donors (Lipinski definition) is 1. The summed E-state index contributed by atoms with van der Waals surface area (Å²) in [5, 5.41) is 4.05. The van der Waals surface area contributed by atoms with Gasteiger partial charge in [-0.2, -0.15) is 0 Å². The lowest BCUT2D eigenvalue weighted by molar-refractivity contribution is -0.120. The number of carbonyl (C=O) groups is 1. The maximum atomic E-state index is 12.4. The molecule has 0 saturated carbocycles. The van der Waals surface area contributed by atoms with E-state index in [1.54, 1.807) is 21.3 Å². The quantitative estimate of drug-likeness (QED) is 0.534. The van der Waals surface area contributed by atoms with Gasteiger partial charge < -0.3 is 24.1 Å². The lowest BCUT2D eigenvalue weighted by Gasteiger charge is -2.10. The van der Waals surface area contributed by atoms with E-state index in [0.29, 0.717) is 26.1 Å². The summed E-state index contributed by atoms with van der Waals surface area (Å²) in [6, 6.07) is 14.0. The van der Waals surface area contributed by atoms with Crippen molar-refractivity contribution < 1.29 is 19.0 Å². The molecule has 0 radical (unpaired) electrons. The Morgan fingerprint density at radius 1 is 1.03 bits per heavy atom. The van der Waals surface area contributed by atoms with E-state index in [1.165, 1.54) is 0 Å². The number of nitrogens with zero attached hydrogens (tertiary/aromatic N) is 1. The van der Waals surface area contributed by atoms with E-state index in [0.717, 1.165) is 39.9 Å². The van der Waals surface area contributed by atoms with Gasteiger partial charge in [0.2, 0.25) is 5.91 Å². The zero-order chi connectivity index (χ0) is 20.6. The zero-order valence-corrected chi connectivity index (χ0v) is 17.2. The number of hydrogen-bond acceptors (Lipinski definition) is 4. The number of amides is 1. The lowest BCUT2D eigenvalue weighted by atomic mass is 10.1. The second-order valence-electron chi connectivity index (χ2n) is 6.89. The van der Waals surface area contributed by atoms with Gasteiger partial charge in [-0.3, -0.25) is 4.79 Å². The van der Waals surface area contributed by atoms with Gasteiger partial charge in [0.1, 0.15) is 11.5 Å². The second kappa shape index (κ2) is 9.98. The Kier molecular flexibility index (Phi) is 7.14. The Hall–Kier alpha value is -2.99. The normalized spacial score (nSPS) is 10.9. The maximum absolute atomic E-state index is 12.4. The zero-order valence-electron chi connectivity index (χ0n) is 17.2. The van der Waals surface area contributed by atoms with Crippen LogP contribution < -0.4 is 14.8 Å². The van der Waals surface area contributed by atoms with Crippen LogP contribution in [0, 0.1) is 0 Å². The van der Waals surface area contributed by atoms with Gasteiger partial charge in [0.05, 0.1) is 20.6 Å². The number of para-hydroxylation sites is 1. The minimum absolute atomic E-state index is 0.0204. The fraction of sp³-hybridized carbons (Fsp3) is 0.348. The number of aromatic nitrogens is 1. The average molecular weight is 396 g/mol. The topological polar surface area (TPSA) is 61.7 Å². The molecule has 0 bridgehead atoms. The van der Waals surface area contributed by atoms with Crippen LogP contribution in [0.5, 0.6) is 11.5 Å². The molecule has 0 aliphatic carbocycles. The van der Waals surface area contributed by atoms with E-state index in [9.17, 15) is 4.79 Å². The molecule has 6 heteroatoms. The minimum Gasteiger partial charge on any atom is -0.497 e. The van der Waals surface area contributed by atoms with E-state index in [4.69, 9.17) is 14.2 Å². The summed E-state index contributed by atoms with van der Waals surface area (Å²) in [5.74, 6) is 1.53. The highest BCUT2D eigenvalue weighted by Crippen LogP contribution is 2.26. The molecule has 0 spiro atoms. The molecule has 0 saturated heterocycles. The Labute approximate surface area is 171 Å². The van der Waals surface area contributed by atoms with Crippen LogP contribution >= 0.6 is 0 Å². The Morgan fingerprint density at radius 3 is 2.45 bits per heavy atom. The molecule has 154 valence electrons. The summed E-state index contributed by atoms with van der Waals surface area (Å²) in [6.45, 7) is 1.92. The van der Waals surface area contributed by atoms with Crippen LogP contribution in [0.1, 0.15) is 17.5 Å². The van der Waals surface area contributed by atoms with Gasteiger partial charge in [-0.1, -0.05) is 18.2 Å². The number of ether oxygens (including phenoxy) is 3. The summed E-state index contributed by atoms with van der Waals surface area (Å²) in [6.07, 6.45) is 3.22. The number of nitrogens with one attached hydrogen (secondary N) is 1. The third-order valence-corrected chi connectivity index (χ3v) is 4.83. The van der Waals surface area contributed by atoms with Crippen molar-refractivity contribution in [3.8, 4) is 11.5 Å². The molecular formula is C23H28N2O4. The Bertz CT molecular complexity index is 942. The molecule has 0 aliphatic rings. The van der Waals surface area contributed by atoms with Gasteiger partial charge in [0.25, 0.3) is 0 Å². The van der Waals surface area contributed by atoms with Crippen LogP contribution in [0.2, 0.25) is 0 Å². The van der Waals surface area contributed by atoms with Crippen molar-refractivity contribution in [3.63, 3.8) is 0 Å². The van der Waals surface area contributed by atoms with Gasteiger partial charge >= 0.3 is 0 Å². The number of fused-ring (bicyclic) bond motifs is 1. The molecule has 29 heavy (non-hydrogen) atoms. The monoisotopic (exact) mass is 396 g/mol. The molecule has 2 aromatic carbocycles. The van der Waals surface area contributed by atoms with Gasteiger partial charge in [0.15, 0.2) is 0 Å². The van der Waals surface area contributed by atoms with E-state index < -0.39 is 0 Å². The lowest BCUT2D eigenvalue weighted by Crippen LogP contribution is -2.26. The number of benzene rings is 2. The summed E-state index contributed by atoms with van der Waals surface area (Å²) in [5.41, 5.74) is 3.17. The maximum Gasteiger partial charge on any atom is 0.224 e. The molecular weight excluding hydrogens is 368 g/mol. The largest absolute Gasteiger partial charge is 0.497 e. The van der Waals surface area contributed by atoms with E-state index >= 15 is 0 Å².